The normalized spacial score (nSPS) is 22.0. The maximum atomic E-state index is 13.5. The Kier molecular flexibility index (Phi) is 9.94. The Balaban J connectivity index is 1.80. The van der Waals surface area contributed by atoms with Crippen LogP contribution in [0.4, 0.5) is 0 Å². The molecule has 4 rings (SSSR count). The highest BCUT2D eigenvalue weighted by Crippen LogP contribution is 2.46. The van der Waals surface area contributed by atoms with Crippen molar-refractivity contribution in [3.8, 4) is 34.3 Å². The summed E-state index contributed by atoms with van der Waals surface area (Å²) in [6, 6.07) is 7.77. The number of hydrogen-bond acceptors (Lipinski definition) is 11. The zero-order chi connectivity index (χ0) is 30.6. The van der Waals surface area contributed by atoms with Crippen molar-refractivity contribution in [3.63, 3.8) is 0 Å². The molecular weight excluding hydrogens is 550 g/mol. The molecule has 1 amide bonds. The number of unbranched alkanes of at least 4 members (excludes halogenated alkanes) is 2. The molecule has 0 spiro atoms. The Morgan fingerprint density at radius 1 is 0.881 bits per heavy atom. The summed E-state index contributed by atoms with van der Waals surface area (Å²) in [5, 5.41) is 35.0. The van der Waals surface area contributed by atoms with Crippen LogP contribution < -0.4 is 29.7 Å². The number of aliphatic hydroxyl groups is 3. The van der Waals surface area contributed by atoms with Gasteiger partial charge in [-0.1, -0.05) is 19.8 Å². The third-order valence-corrected chi connectivity index (χ3v) is 7.30. The number of rotatable bonds is 11. The van der Waals surface area contributed by atoms with Crippen LogP contribution in [-0.2, 0) is 9.53 Å². The number of nitrogens with one attached hydrogen (secondary N) is 1. The first-order valence-corrected chi connectivity index (χ1v) is 13.6. The molecule has 0 aliphatic carbocycles. The Labute approximate surface area is 242 Å². The van der Waals surface area contributed by atoms with E-state index < -0.39 is 41.9 Å². The zero-order valence-electron chi connectivity index (χ0n) is 24.2. The lowest BCUT2D eigenvalue weighted by Crippen LogP contribution is -2.59. The number of hydrogen-bond donors (Lipinski definition) is 4. The molecule has 0 radical (unpaired) electrons. The highest BCUT2D eigenvalue weighted by atomic mass is 16.5. The number of benzene rings is 2. The van der Waals surface area contributed by atoms with E-state index in [9.17, 15) is 24.9 Å². The van der Waals surface area contributed by atoms with Gasteiger partial charge in [0, 0.05) is 24.2 Å². The Morgan fingerprint density at radius 2 is 1.60 bits per heavy atom. The van der Waals surface area contributed by atoms with Crippen LogP contribution in [0.1, 0.15) is 37.9 Å². The van der Waals surface area contributed by atoms with E-state index in [-0.39, 0.29) is 33.8 Å². The summed E-state index contributed by atoms with van der Waals surface area (Å²) < 4.78 is 33.9. The molecule has 1 fully saturated rings. The lowest BCUT2D eigenvalue weighted by atomic mass is 9.89. The second-order valence-corrected chi connectivity index (χ2v) is 9.89. The quantitative estimate of drug-likeness (QED) is 0.243. The number of carbonyl (C=O) groups excluding carboxylic acids is 1. The summed E-state index contributed by atoms with van der Waals surface area (Å²) in [4.78, 5) is 26.4. The molecule has 1 aromatic heterocycles. The van der Waals surface area contributed by atoms with E-state index in [2.05, 4.69) is 5.32 Å². The molecule has 0 bridgehead atoms. The zero-order valence-corrected chi connectivity index (χ0v) is 24.2. The molecule has 3 aromatic rings. The van der Waals surface area contributed by atoms with Gasteiger partial charge in [0.1, 0.15) is 52.6 Å². The molecule has 228 valence electrons. The Morgan fingerprint density at radius 3 is 2.24 bits per heavy atom. The summed E-state index contributed by atoms with van der Waals surface area (Å²) in [7, 11) is 5.68. The molecule has 2 heterocycles. The van der Waals surface area contributed by atoms with Crippen molar-refractivity contribution in [3.05, 3.63) is 46.1 Å². The van der Waals surface area contributed by atoms with Crippen LogP contribution in [0.5, 0.6) is 23.0 Å². The van der Waals surface area contributed by atoms with Gasteiger partial charge in [-0.2, -0.15) is 0 Å². The molecule has 42 heavy (non-hydrogen) atoms. The molecule has 1 saturated heterocycles. The first kappa shape index (κ1) is 31.1. The molecular formula is C30H37NO11. The third kappa shape index (κ3) is 5.88. The van der Waals surface area contributed by atoms with Crippen LogP contribution in [0.2, 0.25) is 0 Å². The minimum Gasteiger partial charge on any atom is -0.496 e. The van der Waals surface area contributed by atoms with Gasteiger partial charge >= 0.3 is 0 Å². The third-order valence-electron chi connectivity index (χ3n) is 7.30. The summed E-state index contributed by atoms with van der Waals surface area (Å²) in [6.07, 6.45) is -5.47. The van der Waals surface area contributed by atoms with Gasteiger partial charge in [0.25, 0.3) is 5.91 Å². The van der Waals surface area contributed by atoms with E-state index in [0.717, 1.165) is 19.3 Å². The van der Waals surface area contributed by atoms with Crippen LogP contribution in [-0.4, -0.2) is 80.6 Å². The number of carbonyl (C=O) groups is 1. The monoisotopic (exact) mass is 587 g/mol. The topological polar surface area (TPSA) is 166 Å². The van der Waals surface area contributed by atoms with Crippen molar-refractivity contribution < 1.29 is 48.2 Å². The van der Waals surface area contributed by atoms with Gasteiger partial charge in [-0.05, 0) is 24.6 Å². The molecule has 4 N–H and O–H groups in total. The second kappa shape index (κ2) is 13.4. The number of methoxy groups -OCH3 is 4. The predicted molar refractivity (Wildman–Crippen MR) is 152 cm³/mol. The minimum absolute atomic E-state index is 0.0227. The number of ether oxygens (including phenoxy) is 5. The van der Waals surface area contributed by atoms with E-state index in [1.165, 1.54) is 40.6 Å². The predicted octanol–water partition coefficient (Wildman–Crippen LogP) is 2.32. The number of aliphatic hydroxyl groups excluding tert-OH is 3. The van der Waals surface area contributed by atoms with E-state index in [1.807, 2.05) is 6.92 Å². The van der Waals surface area contributed by atoms with Crippen LogP contribution >= 0.6 is 0 Å². The van der Waals surface area contributed by atoms with Crippen molar-refractivity contribution in [2.45, 2.75) is 56.7 Å². The van der Waals surface area contributed by atoms with Gasteiger partial charge < -0.3 is 48.7 Å². The molecule has 1 aliphatic heterocycles. The fraction of sp³-hybridized carbons (Fsp3) is 0.467. The van der Waals surface area contributed by atoms with Crippen molar-refractivity contribution in [2.24, 2.45) is 0 Å². The summed E-state index contributed by atoms with van der Waals surface area (Å²) in [5.41, 5.74) is 0.254. The molecule has 5 atom stereocenters. The first-order chi connectivity index (χ1) is 20.2. The summed E-state index contributed by atoms with van der Waals surface area (Å²) in [6.45, 7) is 2.38. The maximum absolute atomic E-state index is 13.5. The highest BCUT2D eigenvalue weighted by Gasteiger charge is 2.49. The fourth-order valence-corrected chi connectivity index (χ4v) is 5.08. The average Bonchev–Trinajstić information content (AvgIpc) is 3.00. The number of fused-ring (bicyclic) bond motifs is 1. The Hall–Kier alpha value is -3.84. The maximum Gasteiger partial charge on any atom is 0.251 e. The largest absolute Gasteiger partial charge is 0.496 e. The van der Waals surface area contributed by atoms with Crippen molar-refractivity contribution in [2.75, 3.05) is 35.0 Å². The molecule has 12 heteroatoms. The van der Waals surface area contributed by atoms with Crippen LogP contribution in [0.3, 0.4) is 0 Å². The summed E-state index contributed by atoms with van der Waals surface area (Å²) in [5.74, 6) is 0.596. The Bertz CT molecular complexity index is 1470. The van der Waals surface area contributed by atoms with Crippen molar-refractivity contribution in [1.82, 2.24) is 5.32 Å². The van der Waals surface area contributed by atoms with Gasteiger partial charge in [0.2, 0.25) is 0 Å². The van der Waals surface area contributed by atoms with E-state index in [4.69, 9.17) is 28.1 Å². The van der Waals surface area contributed by atoms with E-state index in [0.29, 0.717) is 23.6 Å². The van der Waals surface area contributed by atoms with Crippen molar-refractivity contribution in [1.29, 1.82) is 0 Å². The molecule has 1 aliphatic rings. The highest BCUT2D eigenvalue weighted by molar-refractivity contribution is 5.89. The molecule has 12 nitrogen and oxygen atoms in total. The van der Waals surface area contributed by atoms with E-state index >= 15 is 0 Å². The first-order valence-electron chi connectivity index (χ1n) is 13.6. The van der Waals surface area contributed by atoms with Crippen LogP contribution in [0.15, 0.2) is 39.5 Å². The minimum atomic E-state index is -1.75. The average molecular weight is 588 g/mol. The summed E-state index contributed by atoms with van der Waals surface area (Å²) >= 11 is 0. The van der Waals surface area contributed by atoms with Gasteiger partial charge in [-0.15, -0.1) is 0 Å². The second-order valence-electron chi connectivity index (χ2n) is 9.89. The van der Waals surface area contributed by atoms with Gasteiger partial charge in [0.05, 0.1) is 34.0 Å². The fourth-order valence-electron chi connectivity index (χ4n) is 5.08. The lowest BCUT2D eigenvalue weighted by Gasteiger charge is -2.40. The van der Waals surface area contributed by atoms with Gasteiger partial charge in [-0.25, -0.2) is 0 Å². The van der Waals surface area contributed by atoms with E-state index in [1.54, 1.807) is 18.2 Å². The van der Waals surface area contributed by atoms with Crippen LogP contribution in [0.25, 0.3) is 22.3 Å². The SMILES string of the molecule is CCCCCNC(=O)C1OC(c2c(OC)cc3oc(-c4ccc(OC)c(OC)c4)cc(=O)c3c2OC)C(O)C(O)C1O. The van der Waals surface area contributed by atoms with Crippen LogP contribution in [0, 0.1) is 0 Å². The lowest BCUT2D eigenvalue weighted by molar-refractivity contribution is -0.223. The molecule has 2 aromatic carbocycles. The number of amides is 1. The molecule has 5 unspecified atom stereocenters. The van der Waals surface area contributed by atoms with Crippen molar-refractivity contribution >= 4 is 16.9 Å². The van der Waals surface area contributed by atoms with Gasteiger partial charge in [0.15, 0.2) is 23.0 Å². The molecule has 0 saturated carbocycles. The smallest absolute Gasteiger partial charge is 0.251 e. The van der Waals surface area contributed by atoms with Gasteiger partial charge in [-0.3, -0.25) is 9.59 Å². The standard InChI is InChI=1S/C30H37NO11/c1-6-7-8-11-31-30(36)29-26(35)24(33)25(34)28(42-29)23-20(39-4)14-21-22(27(23)40-5)16(32)13-18(41-21)15-9-10-17(37-2)19(12-15)38-3/h9-10,12-14,24-26,28-29,33-35H,6-8,11H2,1-5H3,(H,31,36).